The maximum atomic E-state index is 10.7. The summed E-state index contributed by atoms with van der Waals surface area (Å²) >= 11 is 0. The topological polar surface area (TPSA) is 49.3 Å². The minimum absolute atomic E-state index is 0.110. The van der Waals surface area contributed by atoms with E-state index in [1.807, 2.05) is 26.0 Å². The number of nitrogens with one attached hydrogen (secondary N) is 1. The summed E-state index contributed by atoms with van der Waals surface area (Å²) in [5.74, 6) is -0.784. The average Bonchev–Trinajstić information content (AvgIpc) is 2.12. The highest BCUT2D eigenvalue weighted by Gasteiger charge is 2.13. The van der Waals surface area contributed by atoms with Gasteiger partial charge in [-0.1, -0.05) is 29.3 Å². The van der Waals surface area contributed by atoms with Gasteiger partial charge in [0.1, 0.15) is 0 Å². The van der Waals surface area contributed by atoms with Crippen LogP contribution in [0.2, 0.25) is 0 Å². The molecule has 1 atom stereocenters. The molecule has 1 rings (SSSR count). The number of rotatable bonds is 4. The molecule has 0 fully saturated rings. The first kappa shape index (κ1) is 11.7. The Labute approximate surface area is 90.1 Å². The van der Waals surface area contributed by atoms with Gasteiger partial charge in [0, 0.05) is 6.04 Å². The second-order valence-corrected chi connectivity index (χ2v) is 3.86. The van der Waals surface area contributed by atoms with E-state index in [1.165, 1.54) is 0 Å². The van der Waals surface area contributed by atoms with Gasteiger partial charge in [-0.3, -0.25) is 4.79 Å². The van der Waals surface area contributed by atoms with Crippen molar-refractivity contribution in [3.63, 3.8) is 0 Å². The van der Waals surface area contributed by atoms with Crippen molar-refractivity contribution in [3.8, 4) is 0 Å². The molecule has 0 saturated carbocycles. The van der Waals surface area contributed by atoms with E-state index in [4.69, 9.17) is 5.11 Å². The summed E-state index contributed by atoms with van der Waals surface area (Å²) in [4.78, 5) is 10.7. The number of hydrogen-bond donors (Lipinski definition) is 2. The van der Waals surface area contributed by atoms with E-state index in [0.29, 0.717) is 0 Å². The molecule has 1 aromatic rings. The number of carboxylic acids is 1. The van der Waals surface area contributed by atoms with E-state index in [0.717, 1.165) is 16.7 Å². The van der Waals surface area contributed by atoms with Crippen LogP contribution in [-0.2, 0) is 4.79 Å². The van der Waals surface area contributed by atoms with Crippen LogP contribution in [0.25, 0.3) is 0 Å². The molecule has 0 aliphatic carbocycles. The first-order valence-corrected chi connectivity index (χ1v) is 5.00. The summed E-state index contributed by atoms with van der Waals surface area (Å²) in [5, 5.41) is 11.8. The maximum Gasteiger partial charge on any atom is 0.305 e. The van der Waals surface area contributed by atoms with Gasteiger partial charge in [0.2, 0.25) is 0 Å². The van der Waals surface area contributed by atoms with E-state index in [1.54, 1.807) is 7.05 Å². The molecule has 0 radical (unpaired) electrons. The van der Waals surface area contributed by atoms with Gasteiger partial charge >= 0.3 is 5.97 Å². The Morgan fingerprint density at radius 3 is 2.27 bits per heavy atom. The first-order chi connectivity index (χ1) is 7.02. The van der Waals surface area contributed by atoms with Crippen LogP contribution in [-0.4, -0.2) is 18.1 Å². The molecule has 3 heteroatoms. The molecule has 0 heterocycles. The fraction of sp³-hybridized carbons (Fsp3) is 0.417. The first-order valence-electron chi connectivity index (χ1n) is 5.00. The third kappa shape index (κ3) is 3.36. The zero-order valence-corrected chi connectivity index (χ0v) is 9.37. The fourth-order valence-corrected chi connectivity index (χ4v) is 1.77. The Kier molecular flexibility index (Phi) is 3.86. The molecule has 0 bridgehead atoms. The van der Waals surface area contributed by atoms with Crippen LogP contribution >= 0.6 is 0 Å². The van der Waals surface area contributed by atoms with Gasteiger partial charge in [-0.15, -0.1) is 0 Å². The molecule has 82 valence electrons. The van der Waals surface area contributed by atoms with E-state index in [-0.39, 0.29) is 12.5 Å². The predicted molar refractivity (Wildman–Crippen MR) is 60.0 cm³/mol. The standard InChI is InChI=1S/C12H17NO2/c1-8-4-9(2)6-10(5-8)11(13-3)7-12(14)15/h4-6,11,13H,7H2,1-3H3,(H,14,15). The van der Waals surface area contributed by atoms with Crippen LogP contribution < -0.4 is 5.32 Å². The van der Waals surface area contributed by atoms with Crippen LogP contribution in [0.15, 0.2) is 18.2 Å². The van der Waals surface area contributed by atoms with Gasteiger partial charge in [0.25, 0.3) is 0 Å². The van der Waals surface area contributed by atoms with Crippen molar-refractivity contribution in [1.82, 2.24) is 5.32 Å². The minimum Gasteiger partial charge on any atom is -0.481 e. The van der Waals surface area contributed by atoms with Crippen molar-refractivity contribution in [2.75, 3.05) is 7.05 Å². The lowest BCUT2D eigenvalue weighted by Crippen LogP contribution is -2.20. The highest BCUT2D eigenvalue weighted by atomic mass is 16.4. The summed E-state index contributed by atoms with van der Waals surface area (Å²) in [6.07, 6.45) is 0.111. The molecule has 0 aliphatic rings. The second-order valence-electron chi connectivity index (χ2n) is 3.86. The van der Waals surface area contributed by atoms with Gasteiger partial charge in [-0.25, -0.2) is 0 Å². The predicted octanol–water partition coefficient (Wildman–Crippen LogP) is 2.04. The molecule has 0 amide bonds. The van der Waals surface area contributed by atoms with E-state index >= 15 is 0 Å². The van der Waals surface area contributed by atoms with Crippen molar-refractivity contribution < 1.29 is 9.90 Å². The third-order valence-corrected chi connectivity index (χ3v) is 2.37. The number of benzene rings is 1. The normalized spacial score (nSPS) is 12.5. The number of carboxylic acid groups (broad SMARTS) is 1. The zero-order valence-electron chi connectivity index (χ0n) is 9.37. The molecular weight excluding hydrogens is 190 g/mol. The van der Waals surface area contributed by atoms with Gasteiger partial charge in [0.15, 0.2) is 0 Å². The lowest BCUT2D eigenvalue weighted by molar-refractivity contribution is -0.137. The van der Waals surface area contributed by atoms with Crippen LogP contribution in [0.5, 0.6) is 0 Å². The monoisotopic (exact) mass is 207 g/mol. The highest BCUT2D eigenvalue weighted by molar-refractivity contribution is 5.68. The minimum atomic E-state index is -0.784. The second kappa shape index (κ2) is 4.94. The summed E-state index contributed by atoms with van der Waals surface area (Å²) in [7, 11) is 1.78. The quantitative estimate of drug-likeness (QED) is 0.794. The summed E-state index contributed by atoms with van der Waals surface area (Å²) < 4.78 is 0. The maximum absolute atomic E-state index is 10.7. The molecule has 2 N–H and O–H groups in total. The van der Waals surface area contributed by atoms with Crippen molar-refractivity contribution in [2.45, 2.75) is 26.3 Å². The molecule has 1 aromatic carbocycles. The Morgan fingerprint density at radius 2 is 1.87 bits per heavy atom. The van der Waals surface area contributed by atoms with Crippen molar-refractivity contribution in [2.24, 2.45) is 0 Å². The Hall–Kier alpha value is -1.35. The molecule has 1 unspecified atom stereocenters. The largest absolute Gasteiger partial charge is 0.481 e. The molecular formula is C12H17NO2. The number of aryl methyl sites for hydroxylation is 2. The molecule has 0 saturated heterocycles. The summed E-state index contributed by atoms with van der Waals surface area (Å²) in [5.41, 5.74) is 3.36. The summed E-state index contributed by atoms with van der Waals surface area (Å²) in [6.45, 7) is 4.04. The molecule has 0 spiro atoms. The number of carbonyl (C=O) groups is 1. The van der Waals surface area contributed by atoms with Crippen molar-refractivity contribution >= 4 is 5.97 Å². The van der Waals surface area contributed by atoms with Crippen LogP contribution in [0.1, 0.15) is 29.2 Å². The van der Waals surface area contributed by atoms with Gasteiger partial charge in [0.05, 0.1) is 6.42 Å². The van der Waals surface area contributed by atoms with Crippen LogP contribution in [0, 0.1) is 13.8 Å². The Morgan fingerprint density at radius 1 is 1.33 bits per heavy atom. The average molecular weight is 207 g/mol. The van der Waals surface area contributed by atoms with Gasteiger partial charge in [-0.05, 0) is 26.5 Å². The lowest BCUT2D eigenvalue weighted by atomic mass is 9.99. The Bertz CT molecular complexity index is 340. The van der Waals surface area contributed by atoms with Gasteiger partial charge < -0.3 is 10.4 Å². The SMILES string of the molecule is CNC(CC(=O)O)c1cc(C)cc(C)c1. The summed E-state index contributed by atoms with van der Waals surface area (Å²) in [6, 6.07) is 6.02. The number of hydrogen-bond acceptors (Lipinski definition) is 2. The lowest BCUT2D eigenvalue weighted by Gasteiger charge is -2.15. The molecule has 15 heavy (non-hydrogen) atoms. The van der Waals surface area contributed by atoms with Crippen molar-refractivity contribution in [1.29, 1.82) is 0 Å². The molecule has 0 aliphatic heterocycles. The van der Waals surface area contributed by atoms with E-state index in [9.17, 15) is 4.79 Å². The van der Waals surface area contributed by atoms with Gasteiger partial charge in [-0.2, -0.15) is 0 Å². The van der Waals surface area contributed by atoms with Crippen LogP contribution in [0.4, 0.5) is 0 Å². The number of aliphatic carboxylic acids is 1. The van der Waals surface area contributed by atoms with E-state index < -0.39 is 5.97 Å². The smallest absolute Gasteiger partial charge is 0.305 e. The highest BCUT2D eigenvalue weighted by Crippen LogP contribution is 2.19. The molecule has 3 nitrogen and oxygen atoms in total. The Balaban J connectivity index is 2.95. The van der Waals surface area contributed by atoms with E-state index in [2.05, 4.69) is 11.4 Å². The van der Waals surface area contributed by atoms with Crippen molar-refractivity contribution in [3.05, 3.63) is 34.9 Å². The van der Waals surface area contributed by atoms with Crippen LogP contribution in [0.3, 0.4) is 0 Å². The molecule has 0 aromatic heterocycles. The zero-order chi connectivity index (χ0) is 11.4. The fourth-order valence-electron chi connectivity index (χ4n) is 1.77. The third-order valence-electron chi connectivity index (χ3n) is 2.37.